The van der Waals surface area contributed by atoms with E-state index in [1.165, 1.54) is 19.2 Å². The van der Waals surface area contributed by atoms with Gasteiger partial charge in [-0.3, -0.25) is 4.18 Å². The van der Waals surface area contributed by atoms with Gasteiger partial charge < -0.3 is 18.9 Å². The Morgan fingerprint density at radius 1 is 1.12 bits per heavy atom. The van der Waals surface area contributed by atoms with Gasteiger partial charge in [0.15, 0.2) is 12.1 Å². The van der Waals surface area contributed by atoms with Gasteiger partial charge >= 0.3 is 0 Å². The van der Waals surface area contributed by atoms with Crippen molar-refractivity contribution in [3.05, 3.63) is 29.8 Å². The van der Waals surface area contributed by atoms with Crippen LogP contribution in [-0.2, 0) is 33.2 Å². The van der Waals surface area contributed by atoms with E-state index in [1.54, 1.807) is 32.9 Å². The van der Waals surface area contributed by atoms with Crippen molar-refractivity contribution in [1.82, 2.24) is 0 Å². The molecule has 0 aromatic heterocycles. The molecule has 140 valence electrons. The molecule has 8 heteroatoms. The van der Waals surface area contributed by atoms with Crippen LogP contribution in [0.25, 0.3) is 0 Å². The summed E-state index contributed by atoms with van der Waals surface area (Å²) < 4.78 is 53.1. The first-order chi connectivity index (χ1) is 11.6. The number of hydrogen-bond acceptors (Lipinski definition) is 7. The molecule has 7 nitrogen and oxygen atoms in total. The Hall–Kier alpha value is -1.03. The average Bonchev–Trinajstić information content (AvgIpc) is 2.99. The fraction of sp³-hybridized carbons (Fsp3) is 0.647. The standard InChI is InChI=1S/C17H24O7S/c1-10-6-8-12(9-7-10)25(18,19)24-11(2)13-14-15(16(20-5)21-13)23-17(3,4)22-14/h6-9,11,13-16H,1-5H3/t11-,13-,14+,15+,16+/m0/s1. The topological polar surface area (TPSA) is 80.3 Å². The highest BCUT2D eigenvalue weighted by Crippen LogP contribution is 2.40. The summed E-state index contributed by atoms with van der Waals surface area (Å²) >= 11 is 0. The minimum absolute atomic E-state index is 0.103. The molecule has 2 saturated heterocycles. The van der Waals surface area contributed by atoms with Crippen LogP contribution < -0.4 is 0 Å². The van der Waals surface area contributed by atoms with Crippen molar-refractivity contribution >= 4 is 10.1 Å². The lowest BCUT2D eigenvalue weighted by Crippen LogP contribution is -2.39. The third kappa shape index (κ3) is 3.74. The van der Waals surface area contributed by atoms with E-state index in [0.29, 0.717) is 0 Å². The quantitative estimate of drug-likeness (QED) is 0.731. The van der Waals surface area contributed by atoms with Gasteiger partial charge in [0.05, 0.1) is 4.90 Å². The second kappa shape index (κ2) is 6.61. The van der Waals surface area contributed by atoms with Crippen LogP contribution in [-0.4, -0.2) is 52.0 Å². The second-order valence-corrected chi connectivity index (χ2v) is 8.41. The van der Waals surface area contributed by atoms with E-state index >= 15 is 0 Å². The average molecular weight is 372 g/mol. The number of aryl methyl sites for hydroxylation is 1. The first kappa shape index (κ1) is 18.8. The fourth-order valence-corrected chi connectivity index (χ4v) is 4.26. The monoisotopic (exact) mass is 372 g/mol. The van der Waals surface area contributed by atoms with E-state index in [-0.39, 0.29) is 4.90 Å². The number of rotatable bonds is 5. The lowest BCUT2D eigenvalue weighted by Gasteiger charge is -2.26. The van der Waals surface area contributed by atoms with E-state index < -0.39 is 46.6 Å². The zero-order valence-corrected chi connectivity index (χ0v) is 15.8. The smallest absolute Gasteiger partial charge is 0.297 e. The molecule has 2 aliphatic rings. The molecule has 0 saturated carbocycles. The predicted octanol–water partition coefficient (Wildman–Crippen LogP) is 1.98. The SMILES string of the molecule is CO[C@@H]1O[C@@H]([C@H](C)OS(=O)(=O)c2ccc(C)cc2)[C@H]2OC(C)(C)O[C@@H]12. The van der Waals surface area contributed by atoms with Crippen molar-refractivity contribution < 1.29 is 31.5 Å². The van der Waals surface area contributed by atoms with E-state index in [4.69, 9.17) is 23.1 Å². The zero-order chi connectivity index (χ0) is 18.4. The van der Waals surface area contributed by atoms with E-state index in [1.807, 2.05) is 6.92 Å². The van der Waals surface area contributed by atoms with E-state index in [0.717, 1.165) is 5.56 Å². The van der Waals surface area contributed by atoms with Crippen LogP contribution in [0.3, 0.4) is 0 Å². The summed E-state index contributed by atoms with van der Waals surface area (Å²) in [6, 6.07) is 6.48. The lowest BCUT2D eigenvalue weighted by atomic mass is 10.1. The first-order valence-corrected chi connectivity index (χ1v) is 9.58. The largest absolute Gasteiger partial charge is 0.353 e. The Labute approximate surface area is 148 Å². The Bertz CT molecular complexity index is 713. The van der Waals surface area contributed by atoms with Gasteiger partial charge in [-0.15, -0.1) is 0 Å². The molecule has 0 bridgehead atoms. The summed E-state index contributed by atoms with van der Waals surface area (Å²) in [6.07, 6.45) is -2.93. The molecule has 2 aliphatic heterocycles. The molecule has 1 aromatic rings. The van der Waals surface area contributed by atoms with Gasteiger partial charge in [0.2, 0.25) is 0 Å². The van der Waals surface area contributed by atoms with Crippen molar-refractivity contribution in [2.24, 2.45) is 0 Å². The molecule has 2 heterocycles. The molecule has 0 N–H and O–H groups in total. The fourth-order valence-electron chi connectivity index (χ4n) is 3.17. The summed E-state index contributed by atoms with van der Waals surface area (Å²) in [4.78, 5) is 0.103. The van der Waals surface area contributed by atoms with Gasteiger partial charge in [0.1, 0.15) is 24.4 Å². The number of benzene rings is 1. The number of ether oxygens (including phenoxy) is 4. The molecular weight excluding hydrogens is 348 g/mol. The maximum absolute atomic E-state index is 12.5. The van der Waals surface area contributed by atoms with Crippen LogP contribution in [0.5, 0.6) is 0 Å². The van der Waals surface area contributed by atoms with Crippen molar-refractivity contribution in [1.29, 1.82) is 0 Å². The summed E-state index contributed by atoms with van der Waals surface area (Å²) in [5.74, 6) is -0.788. The van der Waals surface area contributed by atoms with E-state index in [2.05, 4.69) is 0 Å². The molecule has 0 unspecified atom stereocenters. The van der Waals surface area contributed by atoms with Crippen LogP contribution in [0, 0.1) is 6.92 Å². The highest BCUT2D eigenvalue weighted by Gasteiger charge is 2.57. The Morgan fingerprint density at radius 3 is 2.32 bits per heavy atom. The lowest BCUT2D eigenvalue weighted by molar-refractivity contribution is -0.234. The highest BCUT2D eigenvalue weighted by atomic mass is 32.2. The van der Waals surface area contributed by atoms with Gasteiger partial charge in [-0.05, 0) is 39.8 Å². The van der Waals surface area contributed by atoms with Crippen molar-refractivity contribution in [2.75, 3.05) is 7.11 Å². The zero-order valence-electron chi connectivity index (χ0n) is 15.0. The normalized spacial score (nSPS) is 32.5. The summed E-state index contributed by atoms with van der Waals surface area (Å²) in [7, 11) is -2.41. The molecule has 0 spiro atoms. The Kier molecular flexibility index (Phi) is 4.95. The van der Waals surface area contributed by atoms with Crippen LogP contribution in [0.15, 0.2) is 29.2 Å². The van der Waals surface area contributed by atoms with Crippen LogP contribution >= 0.6 is 0 Å². The summed E-state index contributed by atoms with van der Waals surface area (Å²) in [6.45, 7) is 7.12. The molecule has 1 aromatic carbocycles. The molecule has 5 atom stereocenters. The van der Waals surface area contributed by atoms with Gasteiger partial charge in [-0.25, -0.2) is 0 Å². The summed E-state index contributed by atoms with van der Waals surface area (Å²) in [5, 5.41) is 0. The molecule has 2 fully saturated rings. The molecule has 0 aliphatic carbocycles. The Morgan fingerprint density at radius 2 is 1.72 bits per heavy atom. The third-order valence-electron chi connectivity index (χ3n) is 4.33. The number of hydrogen-bond donors (Lipinski definition) is 0. The van der Waals surface area contributed by atoms with Crippen LogP contribution in [0.1, 0.15) is 26.3 Å². The highest BCUT2D eigenvalue weighted by molar-refractivity contribution is 7.86. The molecule has 0 amide bonds. The van der Waals surface area contributed by atoms with Gasteiger partial charge in [-0.1, -0.05) is 17.7 Å². The first-order valence-electron chi connectivity index (χ1n) is 8.17. The third-order valence-corrected chi connectivity index (χ3v) is 5.74. The van der Waals surface area contributed by atoms with Crippen LogP contribution in [0.2, 0.25) is 0 Å². The van der Waals surface area contributed by atoms with Crippen LogP contribution in [0.4, 0.5) is 0 Å². The van der Waals surface area contributed by atoms with Crippen molar-refractivity contribution in [2.45, 2.75) is 69.1 Å². The maximum Gasteiger partial charge on any atom is 0.297 e. The molecular formula is C17H24O7S. The molecule has 3 rings (SSSR count). The van der Waals surface area contributed by atoms with Gasteiger partial charge in [0.25, 0.3) is 10.1 Å². The maximum atomic E-state index is 12.5. The molecule has 25 heavy (non-hydrogen) atoms. The van der Waals surface area contributed by atoms with Crippen molar-refractivity contribution in [3.63, 3.8) is 0 Å². The summed E-state index contributed by atoms with van der Waals surface area (Å²) in [5.41, 5.74) is 0.968. The van der Waals surface area contributed by atoms with Gasteiger partial charge in [0, 0.05) is 7.11 Å². The predicted molar refractivity (Wildman–Crippen MR) is 88.4 cm³/mol. The van der Waals surface area contributed by atoms with Crippen molar-refractivity contribution in [3.8, 4) is 0 Å². The minimum atomic E-state index is -3.91. The van der Waals surface area contributed by atoms with E-state index in [9.17, 15) is 8.42 Å². The Balaban J connectivity index is 1.76. The van der Waals surface area contributed by atoms with Gasteiger partial charge in [-0.2, -0.15) is 8.42 Å². The molecule has 0 radical (unpaired) electrons. The number of fused-ring (bicyclic) bond motifs is 1. The number of methoxy groups -OCH3 is 1. The minimum Gasteiger partial charge on any atom is -0.353 e. The second-order valence-electron chi connectivity index (χ2n) is 6.84.